The minimum absolute atomic E-state index is 0.0645. The van der Waals surface area contributed by atoms with E-state index in [1.807, 2.05) is 20.8 Å². The summed E-state index contributed by atoms with van der Waals surface area (Å²) < 4.78 is 0. The number of aliphatic hydroxyl groups excluding tert-OH is 2. The number of carboxylic acids is 2. The second kappa shape index (κ2) is 14.3. The zero-order chi connectivity index (χ0) is 23.2. The van der Waals surface area contributed by atoms with Crippen LogP contribution in [0.5, 0.6) is 0 Å². The highest BCUT2D eigenvalue weighted by atomic mass is 16.4. The van der Waals surface area contributed by atoms with E-state index in [0.29, 0.717) is 11.1 Å². The molecule has 0 saturated carbocycles. The van der Waals surface area contributed by atoms with Crippen LogP contribution in [0.2, 0.25) is 0 Å². The van der Waals surface area contributed by atoms with Gasteiger partial charge in [-0.3, -0.25) is 0 Å². The Morgan fingerprint density at radius 2 is 1.23 bits per heavy atom. The highest BCUT2D eigenvalue weighted by Crippen LogP contribution is 2.30. The third-order valence-corrected chi connectivity index (χ3v) is 5.11. The molecule has 0 radical (unpaired) electrons. The third kappa shape index (κ3) is 9.67. The van der Waals surface area contributed by atoms with Crippen LogP contribution < -0.4 is 0 Å². The van der Waals surface area contributed by atoms with Crippen molar-refractivity contribution in [1.82, 2.24) is 0 Å². The molecule has 6 nitrogen and oxygen atoms in total. The number of carbonyl (C=O) groups is 2. The highest BCUT2D eigenvalue weighted by Gasteiger charge is 2.33. The van der Waals surface area contributed by atoms with Crippen molar-refractivity contribution in [2.45, 2.75) is 46.6 Å². The van der Waals surface area contributed by atoms with Crippen molar-refractivity contribution in [2.75, 3.05) is 6.61 Å². The Hall–Kier alpha value is -2.70. The summed E-state index contributed by atoms with van der Waals surface area (Å²) >= 11 is 0. The Bertz CT molecular complexity index is 676. The number of carboxylic acid groups (broad SMARTS) is 2. The zero-order valence-corrected chi connectivity index (χ0v) is 18.2. The van der Waals surface area contributed by atoms with Crippen LogP contribution in [0.4, 0.5) is 0 Å². The molecule has 0 aromatic heterocycles. The summed E-state index contributed by atoms with van der Waals surface area (Å²) in [6.07, 6.45) is 1.38. The lowest BCUT2D eigenvalue weighted by atomic mass is 9.76. The normalized spacial score (nSPS) is 13.9. The minimum Gasteiger partial charge on any atom is -0.478 e. The molecule has 166 valence electrons. The first-order chi connectivity index (χ1) is 14.1. The van der Waals surface area contributed by atoms with Gasteiger partial charge in [0, 0.05) is 5.41 Å². The van der Waals surface area contributed by atoms with Crippen LogP contribution in [-0.4, -0.2) is 45.1 Å². The minimum atomic E-state index is -0.879. The van der Waals surface area contributed by atoms with Gasteiger partial charge in [0.2, 0.25) is 0 Å². The Morgan fingerprint density at radius 3 is 1.43 bits per heavy atom. The van der Waals surface area contributed by atoms with E-state index < -0.39 is 18.0 Å². The fraction of sp³-hybridized carbons (Fsp3) is 0.417. The van der Waals surface area contributed by atoms with Gasteiger partial charge in [0.05, 0.1) is 23.8 Å². The van der Waals surface area contributed by atoms with Crippen molar-refractivity contribution in [3.05, 3.63) is 71.8 Å². The average molecular weight is 419 g/mol. The van der Waals surface area contributed by atoms with Gasteiger partial charge < -0.3 is 20.4 Å². The molecule has 0 heterocycles. The van der Waals surface area contributed by atoms with Crippen LogP contribution in [-0.2, 0) is 0 Å². The second-order valence-corrected chi connectivity index (χ2v) is 7.34. The molecule has 3 unspecified atom stereocenters. The molecule has 0 aliphatic rings. The van der Waals surface area contributed by atoms with E-state index in [1.165, 1.54) is 0 Å². The van der Waals surface area contributed by atoms with E-state index >= 15 is 0 Å². The van der Waals surface area contributed by atoms with E-state index in [1.54, 1.807) is 60.7 Å². The number of aromatic carboxylic acids is 2. The summed E-state index contributed by atoms with van der Waals surface area (Å²) in [6, 6.07) is 16.6. The van der Waals surface area contributed by atoms with Crippen LogP contribution in [0.1, 0.15) is 61.3 Å². The lowest BCUT2D eigenvalue weighted by molar-refractivity contribution is -0.0395. The van der Waals surface area contributed by atoms with Crippen molar-refractivity contribution in [1.29, 1.82) is 0 Å². The van der Waals surface area contributed by atoms with Gasteiger partial charge in [-0.2, -0.15) is 0 Å². The summed E-state index contributed by atoms with van der Waals surface area (Å²) in [7, 11) is 0. The second-order valence-electron chi connectivity index (χ2n) is 7.34. The van der Waals surface area contributed by atoms with E-state index in [0.717, 1.165) is 12.8 Å². The third-order valence-electron chi connectivity index (χ3n) is 5.11. The summed E-state index contributed by atoms with van der Waals surface area (Å²) in [5, 5.41) is 35.8. The molecule has 0 saturated heterocycles. The van der Waals surface area contributed by atoms with Crippen molar-refractivity contribution in [3.8, 4) is 0 Å². The zero-order valence-electron chi connectivity index (χ0n) is 18.2. The lowest BCUT2D eigenvalue weighted by Crippen LogP contribution is -2.39. The van der Waals surface area contributed by atoms with Gasteiger partial charge in [-0.15, -0.1) is 0 Å². The van der Waals surface area contributed by atoms with Crippen LogP contribution >= 0.6 is 0 Å². The molecule has 0 amide bonds. The van der Waals surface area contributed by atoms with E-state index in [9.17, 15) is 14.7 Å². The molecule has 0 spiro atoms. The molecule has 0 fully saturated rings. The first-order valence-electron chi connectivity index (χ1n) is 9.98. The standard InChI is InChI=1S/C10H22O2.2C7H6O2/c1-5-8(3)9(12)10(4,6-2)7-11;2*8-7(9)6-4-2-1-3-5-6/h8-9,11-12H,5-7H2,1-4H3;2*1-5H,(H,8,9). The maximum atomic E-state index is 10.2. The predicted octanol–water partition coefficient (Wildman–Crippen LogP) is 4.57. The Labute approximate surface area is 178 Å². The number of aliphatic hydroxyl groups is 2. The Morgan fingerprint density at radius 1 is 0.867 bits per heavy atom. The Balaban J connectivity index is 0.000000426. The molecule has 4 N–H and O–H groups in total. The molecule has 2 aromatic rings. The highest BCUT2D eigenvalue weighted by molar-refractivity contribution is 5.87. The molecular weight excluding hydrogens is 384 g/mol. The molecule has 3 atom stereocenters. The van der Waals surface area contributed by atoms with Gasteiger partial charge in [0.15, 0.2) is 0 Å². The number of hydrogen-bond acceptors (Lipinski definition) is 4. The molecular formula is C24H34O6. The summed E-state index contributed by atoms with van der Waals surface area (Å²) in [5.41, 5.74) is 0.338. The maximum absolute atomic E-state index is 10.2. The van der Waals surface area contributed by atoms with Crippen molar-refractivity contribution in [3.63, 3.8) is 0 Å². The maximum Gasteiger partial charge on any atom is 0.335 e. The molecule has 6 heteroatoms. The van der Waals surface area contributed by atoms with Crippen LogP contribution in [0.25, 0.3) is 0 Å². The average Bonchev–Trinajstić information content (AvgIpc) is 2.79. The lowest BCUT2D eigenvalue weighted by Gasteiger charge is -2.35. The van der Waals surface area contributed by atoms with Gasteiger partial charge in [-0.05, 0) is 36.6 Å². The van der Waals surface area contributed by atoms with Crippen molar-refractivity contribution < 1.29 is 30.0 Å². The number of hydrogen-bond donors (Lipinski definition) is 4. The summed E-state index contributed by atoms with van der Waals surface area (Å²) in [4.78, 5) is 20.4. The van der Waals surface area contributed by atoms with Crippen molar-refractivity contribution >= 4 is 11.9 Å². The quantitative estimate of drug-likeness (QED) is 0.523. The molecule has 30 heavy (non-hydrogen) atoms. The van der Waals surface area contributed by atoms with Crippen LogP contribution in [0.3, 0.4) is 0 Å². The molecule has 0 aliphatic carbocycles. The SMILES string of the molecule is CCC(C)C(O)C(C)(CC)CO.O=C(O)c1ccccc1.O=C(O)c1ccccc1. The van der Waals surface area contributed by atoms with Crippen molar-refractivity contribution in [2.24, 2.45) is 11.3 Å². The van der Waals surface area contributed by atoms with E-state index in [-0.39, 0.29) is 17.9 Å². The fourth-order valence-corrected chi connectivity index (χ4v) is 2.49. The molecule has 2 rings (SSSR count). The van der Waals surface area contributed by atoms with Gasteiger partial charge in [-0.25, -0.2) is 9.59 Å². The number of benzene rings is 2. The van der Waals surface area contributed by atoms with Gasteiger partial charge in [-0.1, -0.05) is 70.5 Å². The summed E-state index contributed by atoms with van der Waals surface area (Å²) in [5.74, 6) is -1.49. The van der Waals surface area contributed by atoms with Gasteiger partial charge in [0.25, 0.3) is 0 Å². The van der Waals surface area contributed by atoms with Gasteiger partial charge >= 0.3 is 11.9 Å². The topological polar surface area (TPSA) is 115 Å². The molecule has 2 aromatic carbocycles. The molecule has 0 aliphatic heterocycles. The van der Waals surface area contributed by atoms with Crippen LogP contribution in [0.15, 0.2) is 60.7 Å². The molecule has 0 bridgehead atoms. The first-order valence-corrected chi connectivity index (χ1v) is 9.98. The number of rotatable bonds is 7. The van der Waals surface area contributed by atoms with E-state index in [4.69, 9.17) is 15.3 Å². The summed E-state index contributed by atoms with van der Waals surface area (Å²) in [6.45, 7) is 8.08. The van der Waals surface area contributed by atoms with E-state index in [2.05, 4.69) is 6.92 Å². The Kier molecular flexibility index (Phi) is 13.0. The fourth-order valence-electron chi connectivity index (χ4n) is 2.49. The van der Waals surface area contributed by atoms with Gasteiger partial charge in [0.1, 0.15) is 0 Å². The largest absolute Gasteiger partial charge is 0.478 e. The first kappa shape index (κ1) is 27.3. The van der Waals surface area contributed by atoms with Crippen LogP contribution in [0, 0.1) is 11.3 Å². The predicted molar refractivity (Wildman–Crippen MR) is 118 cm³/mol. The smallest absolute Gasteiger partial charge is 0.335 e. The monoisotopic (exact) mass is 418 g/mol.